The van der Waals surface area contributed by atoms with Gasteiger partial charge >= 0.3 is 0 Å². The third-order valence-electron chi connectivity index (χ3n) is 8.12. The van der Waals surface area contributed by atoms with E-state index in [1.54, 1.807) is 30.3 Å². The van der Waals surface area contributed by atoms with Crippen LogP contribution in [0.1, 0.15) is 38.5 Å². The second-order valence-corrected chi connectivity index (χ2v) is 13.4. The first-order chi connectivity index (χ1) is 19.1. The molecule has 1 saturated heterocycles. The highest BCUT2D eigenvalue weighted by Crippen LogP contribution is 2.33. The number of likely N-dealkylation sites (tertiary alicyclic amines) is 1. The van der Waals surface area contributed by atoms with Crippen LogP contribution in [-0.2, 0) is 14.8 Å². The van der Waals surface area contributed by atoms with Crippen LogP contribution in [0.15, 0.2) is 59.5 Å². The van der Waals surface area contributed by atoms with Crippen molar-refractivity contribution in [1.82, 2.24) is 9.62 Å². The summed E-state index contributed by atoms with van der Waals surface area (Å²) in [6, 6.07) is 16.5. The molecule has 3 aromatic rings. The summed E-state index contributed by atoms with van der Waals surface area (Å²) in [7, 11) is -0.170. The summed E-state index contributed by atoms with van der Waals surface area (Å²) in [5.41, 5.74) is 0.921. The van der Waals surface area contributed by atoms with Gasteiger partial charge in [-0.05, 0) is 62.8 Å². The SMILES string of the molecule is CN(C)c1cccc2c(S(=O)(=O)NC(=O)C3CCC(N4CCC(Oc5ccc(Cl)c(Cl)c5)CC4)CC3)cccc12. The Bertz CT molecular complexity index is 1480. The van der Waals surface area contributed by atoms with Gasteiger partial charge in [0.25, 0.3) is 10.0 Å². The molecule has 10 heteroatoms. The van der Waals surface area contributed by atoms with E-state index in [2.05, 4.69) is 9.62 Å². The van der Waals surface area contributed by atoms with Crippen LogP contribution in [0.5, 0.6) is 5.75 Å². The first-order valence-electron chi connectivity index (χ1n) is 13.7. The number of sulfonamides is 1. The van der Waals surface area contributed by atoms with Gasteiger partial charge in [-0.1, -0.05) is 47.5 Å². The molecule has 0 unspecified atom stereocenters. The third-order valence-corrected chi connectivity index (χ3v) is 10.3. The average Bonchev–Trinajstić information content (AvgIpc) is 2.94. The van der Waals surface area contributed by atoms with Gasteiger partial charge in [0.05, 0.1) is 14.9 Å². The van der Waals surface area contributed by atoms with Crippen molar-refractivity contribution in [2.24, 2.45) is 5.92 Å². The number of hydrogen-bond donors (Lipinski definition) is 1. The predicted octanol–water partition coefficient (Wildman–Crippen LogP) is 6.12. The largest absolute Gasteiger partial charge is 0.490 e. The van der Waals surface area contributed by atoms with Crippen molar-refractivity contribution in [3.8, 4) is 5.75 Å². The lowest BCUT2D eigenvalue weighted by molar-refractivity contribution is -0.124. The zero-order valence-corrected chi connectivity index (χ0v) is 25.1. The number of carbonyl (C=O) groups is 1. The summed E-state index contributed by atoms with van der Waals surface area (Å²) in [4.78, 5) is 17.7. The van der Waals surface area contributed by atoms with Crippen LogP contribution in [0.2, 0.25) is 10.0 Å². The molecule has 40 heavy (non-hydrogen) atoms. The van der Waals surface area contributed by atoms with Crippen molar-refractivity contribution in [3.63, 3.8) is 0 Å². The van der Waals surface area contributed by atoms with Gasteiger partial charge in [-0.2, -0.15) is 0 Å². The molecular weight excluding hydrogens is 569 g/mol. The highest BCUT2D eigenvalue weighted by Gasteiger charge is 2.33. The molecule has 2 aliphatic rings. The van der Waals surface area contributed by atoms with E-state index in [1.165, 1.54) is 0 Å². The zero-order chi connectivity index (χ0) is 28.4. The maximum absolute atomic E-state index is 13.3. The van der Waals surface area contributed by atoms with Crippen molar-refractivity contribution in [3.05, 3.63) is 64.6 Å². The summed E-state index contributed by atoms with van der Waals surface area (Å²) in [6.45, 7) is 1.86. The Morgan fingerprint density at radius 2 is 1.57 bits per heavy atom. The monoisotopic (exact) mass is 603 g/mol. The number of nitrogens with one attached hydrogen (secondary N) is 1. The molecule has 0 atom stereocenters. The molecule has 3 aromatic carbocycles. The number of nitrogens with zero attached hydrogens (tertiary/aromatic N) is 2. The van der Waals surface area contributed by atoms with Crippen LogP contribution in [0, 0.1) is 5.92 Å². The van der Waals surface area contributed by atoms with E-state index in [1.807, 2.05) is 43.3 Å². The van der Waals surface area contributed by atoms with Gasteiger partial charge in [0.1, 0.15) is 11.9 Å². The highest BCUT2D eigenvalue weighted by atomic mass is 35.5. The second kappa shape index (κ2) is 12.1. The van der Waals surface area contributed by atoms with E-state index in [4.69, 9.17) is 27.9 Å². The van der Waals surface area contributed by atoms with Gasteiger partial charge in [0.2, 0.25) is 5.91 Å². The molecule has 2 fully saturated rings. The van der Waals surface area contributed by atoms with E-state index in [-0.39, 0.29) is 16.9 Å². The predicted molar refractivity (Wildman–Crippen MR) is 161 cm³/mol. The van der Waals surface area contributed by atoms with E-state index >= 15 is 0 Å². The van der Waals surface area contributed by atoms with Crippen LogP contribution in [0.25, 0.3) is 10.8 Å². The van der Waals surface area contributed by atoms with E-state index < -0.39 is 15.9 Å². The standard InChI is InChI=1S/C30H35Cl2N3O4S/c1-34(2)28-7-3-6-25-24(28)5-4-8-29(25)40(37,38)33-30(36)20-9-11-21(12-10-20)35-17-15-22(16-18-35)39-23-13-14-26(31)27(32)19-23/h3-8,13-14,19-22H,9-12,15-18H2,1-2H3,(H,33,36). The molecule has 1 aliphatic carbocycles. The zero-order valence-electron chi connectivity index (χ0n) is 22.8. The summed E-state index contributed by atoms with van der Waals surface area (Å²) in [6.07, 6.45) is 5.05. The topological polar surface area (TPSA) is 79.0 Å². The molecule has 5 rings (SSSR count). The minimum Gasteiger partial charge on any atom is -0.490 e. The number of amides is 1. The maximum atomic E-state index is 13.3. The van der Waals surface area contributed by atoms with Crippen LogP contribution < -0.4 is 14.4 Å². The van der Waals surface area contributed by atoms with E-state index in [9.17, 15) is 13.2 Å². The van der Waals surface area contributed by atoms with Crippen molar-refractivity contribution >= 4 is 55.6 Å². The van der Waals surface area contributed by atoms with Gasteiger partial charge in [-0.15, -0.1) is 0 Å². The van der Waals surface area contributed by atoms with Crippen molar-refractivity contribution in [1.29, 1.82) is 0 Å². The number of piperidine rings is 1. The van der Waals surface area contributed by atoms with Crippen molar-refractivity contribution < 1.29 is 17.9 Å². The van der Waals surface area contributed by atoms with Crippen LogP contribution >= 0.6 is 23.2 Å². The number of fused-ring (bicyclic) bond motifs is 1. The number of halogens is 2. The molecule has 1 saturated carbocycles. The minimum atomic E-state index is -4.01. The number of anilines is 1. The molecule has 0 spiro atoms. The number of ether oxygens (including phenoxy) is 1. The Balaban J connectivity index is 1.14. The number of carbonyl (C=O) groups excluding carboxylic acids is 1. The molecule has 1 amide bonds. The Kier molecular flexibility index (Phi) is 8.80. The smallest absolute Gasteiger partial charge is 0.264 e. The van der Waals surface area contributed by atoms with Crippen LogP contribution in [0.4, 0.5) is 5.69 Å². The Morgan fingerprint density at radius 1 is 0.900 bits per heavy atom. The second-order valence-electron chi connectivity index (χ2n) is 10.9. The molecule has 7 nitrogen and oxygen atoms in total. The highest BCUT2D eigenvalue weighted by molar-refractivity contribution is 7.90. The Labute approximate surface area is 246 Å². The number of benzene rings is 3. The Hall–Kier alpha value is -2.52. The van der Waals surface area contributed by atoms with Gasteiger partial charge in [-0.3, -0.25) is 4.79 Å². The lowest BCUT2D eigenvalue weighted by Crippen LogP contribution is -2.46. The number of hydrogen-bond acceptors (Lipinski definition) is 6. The molecule has 1 N–H and O–H groups in total. The molecule has 1 heterocycles. The normalized spacial score (nSPS) is 20.8. The molecule has 1 aliphatic heterocycles. The fourth-order valence-electron chi connectivity index (χ4n) is 5.96. The average molecular weight is 605 g/mol. The lowest BCUT2D eigenvalue weighted by Gasteiger charge is -2.40. The molecule has 214 valence electrons. The molecule has 0 aromatic heterocycles. The first kappa shape index (κ1) is 29.0. The minimum absolute atomic E-state index is 0.127. The molecular formula is C30H35Cl2N3O4S. The summed E-state index contributed by atoms with van der Waals surface area (Å²) in [5, 5.41) is 2.43. The van der Waals surface area contributed by atoms with Gasteiger partial charge in [0, 0.05) is 61.7 Å². The van der Waals surface area contributed by atoms with E-state index in [0.29, 0.717) is 34.3 Å². The fraction of sp³-hybridized carbons (Fsp3) is 0.433. The number of rotatable bonds is 7. The van der Waals surface area contributed by atoms with Gasteiger partial charge in [-0.25, -0.2) is 13.1 Å². The van der Waals surface area contributed by atoms with Gasteiger partial charge in [0.15, 0.2) is 0 Å². The first-order valence-corrected chi connectivity index (χ1v) is 16.0. The quantitative estimate of drug-likeness (QED) is 0.350. The fourth-order valence-corrected chi connectivity index (χ4v) is 7.52. The summed E-state index contributed by atoms with van der Waals surface area (Å²) < 4.78 is 35.1. The van der Waals surface area contributed by atoms with Crippen molar-refractivity contribution in [2.75, 3.05) is 32.1 Å². The third kappa shape index (κ3) is 6.35. The maximum Gasteiger partial charge on any atom is 0.264 e. The van der Waals surface area contributed by atoms with Crippen LogP contribution in [-0.4, -0.2) is 58.6 Å². The summed E-state index contributed by atoms with van der Waals surface area (Å²) in [5.74, 6) is 0.0118. The van der Waals surface area contributed by atoms with Crippen LogP contribution in [0.3, 0.4) is 0 Å². The Morgan fingerprint density at radius 3 is 2.25 bits per heavy atom. The molecule has 0 radical (unpaired) electrons. The molecule has 0 bridgehead atoms. The van der Waals surface area contributed by atoms with Crippen molar-refractivity contribution in [2.45, 2.75) is 55.6 Å². The lowest BCUT2D eigenvalue weighted by atomic mass is 9.84. The van der Waals surface area contributed by atoms with Gasteiger partial charge < -0.3 is 14.5 Å². The summed E-state index contributed by atoms with van der Waals surface area (Å²) >= 11 is 12.1. The van der Waals surface area contributed by atoms with E-state index in [0.717, 1.165) is 55.6 Å².